The molecule has 3 heterocycles. The molecule has 2 aromatic heterocycles. The monoisotopic (exact) mass is 286 g/mol. The van der Waals surface area contributed by atoms with Crippen LogP contribution in [0.15, 0.2) is 6.07 Å². The molecule has 21 heavy (non-hydrogen) atoms. The van der Waals surface area contributed by atoms with E-state index < -0.39 is 0 Å². The molecule has 0 bridgehead atoms. The van der Waals surface area contributed by atoms with Gasteiger partial charge in [0.2, 0.25) is 0 Å². The van der Waals surface area contributed by atoms with Gasteiger partial charge in [0, 0.05) is 30.6 Å². The number of aromatic nitrogens is 5. The van der Waals surface area contributed by atoms with E-state index in [-0.39, 0.29) is 0 Å². The molecule has 3 rings (SSSR count). The van der Waals surface area contributed by atoms with Crippen molar-refractivity contribution in [3.8, 4) is 0 Å². The number of hydrogen-bond donors (Lipinski definition) is 1. The Kier molecular flexibility index (Phi) is 3.86. The van der Waals surface area contributed by atoms with Crippen LogP contribution >= 0.6 is 0 Å². The van der Waals surface area contributed by atoms with Crippen molar-refractivity contribution in [2.75, 3.05) is 5.32 Å². The average Bonchev–Trinajstić information content (AvgIpc) is 2.89. The van der Waals surface area contributed by atoms with Crippen molar-refractivity contribution in [3.63, 3.8) is 0 Å². The molecule has 6 nitrogen and oxygen atoms in total. The molecule has 2 aromatic rings. The minimum absolute atomic E-state index is 0.350. The fourth-order valence-electron chi connectivity index (χ4n) is 2.72. The first kappa shape index (κ1) is 14.0. The standard InChI is InChI=1S/C15H22N6/c1-4-11-8-14(17-10(3)16-11)18-12-6-7-15-19-13(5-2)20-21(15)9-12/h8,12H,4-7,9H2,1-3H3,(H,16,17,18). The number of aryl methyl sites for hydroxylation is 4. The molecule has 112 valence electrons. The summed E-state index contributed by atoms with van der Waals surface area (Å²) in [7, 11) is 0. The van der Waals surface area contributed by atoms with Crippen molar-refractivity contribution in [2.45, 2.75) is 59.0 Å². The number of fused-ring (bicyclic) bond motifs is 1. The quantitative estimate of drug-likeness (QED) is 0.930. The zero-order chi connectivity index (χ0) is 14.8. The van der Waals surface area contributed by atoms with E-state index >= 15 is 0 Å². The molecule has 6 heteroatoms. The van der Waals surface area contributed by atoms with Crippen molar-refractivity contribution in [2.24, 2.45) is 0 Å². The van der Waals surface area contributed by atoms with Crippen molar-refractivity contribution in [1.82, 2.24) is 24.7 Å². The molecule has 1 aliphatic heterocycles. The van der Waals surface area contributed by atoms with Gasteiger partial charge in [-0.3, -0.25) is 0 Å². The Morgan fingerprint density at radius 1 is 1.24 bits per heavy atom. The Bertz CT molecular complexity index is 633. The van der Waals surface area contributed by atoms with Crippen LogP contribution in [0.1, 0.15) is 43.4 Å². The van der Waals surface area contributed by atoms with Gasteiger partial charge in [-0.15, -0.1) is 0 Å². The second kappa shape index (κ2) is 5.79. The number of nitrogens with zero attached hydrogens (tertiary/aromatic N) is 5. The molecule has 1 aliphatic rings. The van der Waals surface area contributed by atoms with E-state index in [0.717, 1.165) is 61.2 Å². The van der Waals surface area contributed by atoms with Crippen LogP contribution < -0.4 is 5.32 Å². The van der Waals surface area contributed by atoms with E-state index in [1.807, 2.05) is 17.7 Å². The Morgan fingerprint density at radius 2 is 2.10 bits per heavy atom. The smallest absolute Gasteiger partial charge is 0.150 e. The molecule has 0 spiro atoms. The van der Waals surface area contributed by atoms with Gasteiger partial charge in [0.15, 0.2) is 5.82 Å². The first-order chi connectivity index (χ1) is 10.2. The molecule has 0 amide bonds. The maximum atomic E-state index is 4.55. The summed E-state index contributed by atoms with van der Waals surface area (Å²) in [5, 5.41) is 8.07. The molecule has 0 aliphatic carbocycles. The highest BCUT2D eigenvalue weighted by atomic mass is 15.4. The second-order valence-electron chi connectivity index (χ2n) is 5.51. The summed E-state index contributed by atoms with van der Waals surface area (Å²) < 4.78 is 2.04. The highest BCUT2D eigenvalue weighted by Crippen LogP contribution is 2.17. The van der Waals surface area contributed by atoms with Crippen LogP contribution in [0, 0.1) is 6.92 Å². The van der Waals surface area contributed by atoms with Crippen LogP contribution in [0.5, 0.6) is 0 Å². The molecular weight excluding hydrogens is 264 g/mol. The lowest BCUT2D eigenvalue weighted by Crippen LogP contribution is -2.32. The largest absolute Gasteiger partial charge is 0.365 e. The molecule has 0 fully saturated rings. The van der Waals surface area contributed by atoms with Gasteiger partial charge in [0.25, 0.3) is 0 Å². The van der Waals surface area contributed by atoms with Crippen LogP contribution in [0.3, 0.4) is 0 Å². The van der Waals surface area contributed by atoms with E-state index in [1.54, 1.807) is 0 Å². The molecule has 1 atom stereocenters. The molecule has 0 aromatic carbocycles. The summed E-state index contributed by atoms with van der Waals surface area (Å²) in [5.41, 5.74) is 1.08. The van der Waals surface area contributed by atoms with Crippen molar-refractivity contribution < 1.29 is 0 Å². The van der Waals surface area contributed by atoms with E-state index in [2.05, 4.69) is 39.2 Å². The predicted molar refractivity (Wildman–Crippen MR) is 81.3 cm³/mol. The Labute approximate surface area is 125 Å². The summed E-state index contributed by atoms with van der Waals surface area (Å²) in [6.07, 6.45) is 3.85. The van der Waals surface area contributed by atoms with E-state index in [1.165, 1.54) is 0 Å². The van der Waals surface area contributed by atoms with Crippen LogP contribution in [0.4, 0.5) is 5.82 Å². The molecule has 0 saturated heterocycles. The summed E-state index contributed by atoms with van der Waals surface area (Å²) >= 11 is 0. The number of anilines is 1. The lowest BCUT2D eigenvalue weighted by Gasteiger charge is -2.24. The van der Waals surface area contributed by atoms with E-state index in [0.29, 0.717) is 6.04 Å². The fraction of sp³-hybridized carbons (Fsp3) is 0.600. The molecule has 1 N–H and O–H groups in total. The van der Waals surface area contributed by atoms with E-state index in [9.17, 15) is 0 Å². The SMILES string of the molecule is CCc1cc(NC2CCc3nc(CC)nn3C2)nc(C)n1. The molecule has 0 radical (unpaired) electrons. The van der Waals surface area contributed by atoms with Crippen molar-refractivity contribution in [3.05, 3.63) is 29.2 Å². The maximum Gasteiger partial charge on any atom is 0.150 e. The zero-order valence-corrected chi connectivity index (χ0v) is 12.9. The highest BCUT2D eigenvalue weighted by molar-refractivity contribution is 5.37. The van der Waals surface area contributed by atoms with Crippen LogP contribution in [-0.4, -0.2) is 30.8 Å². The zero-order valence-electron chi connectivity index (χ0n) is 12.9. The number of nitrogens with one attached hydrogen (secondary N) is 1. The fourth-order valence-corrected chi connectivity index (χ4v) is 2.72. The van der Waals surface area contributed by atoms with Crippen LogP contribution in [-0.2, 0) is 25.8 Å². The number of hydrogen-bond acceptors (Lipinski definition) is 5. The summed E-state index contributed by atoms with van der Waals surface area (Å²) in [6, 6.07) is 2.39. The van der Waals surface area contributed by atoms with Gasteiger partial charge in [-0.1, -0.05) is 13.8 Å². The van der Waals surface area contributed by atoms with Gasteiger partial charge >= 0.3 is 0 Å². The summed E-state index contributed by atoms with van der Waals surface area (Å²) in [6.45, 7) is 6.99. The second-order valence-corrected chi connectivity index (χ2v) is 5.51. The van der Waals surface area contributed by atoms with Crippen molar-refractivity contribution in [1.29, 1.82) is 0 Å². The van der Waals surface area contributed by atoms with Gasteiger partial charge in [0.05, 0.1) is 6.54 Å². The van der Waals surface area contributed by atoms with Gasteiger partial charge in [0.1, 0.15) is 17.5 Å². The lowest BCUT2D eigenvalue weighted by atomic mass is 10.1. The Morgan fingerprint density at radius 3 is 2.86 bits per heavy atom. The summed E-state index contributed by atoms with van der Waals surface area (Å²) in [5.74, 6) is 3.79. The third-order valence-electron chi connectivity index (χ3n) is 3.82. The van der Waals surface area contributed by atoms with Gasteiger partial charge in [-0.25, -0.2) is 19.6 Å². The summed E-state index contributed by atoms with van der Waals surface area (Å²) in [4.78, 5) is 13.5. The molecule has 0 saturated carbocycles. The first-order valence-electron chi connectivity index (χ1n) is 7.71. The van der Waals surface area contributed by atoms with Gasteiger partial charge in [-0.05, 0) is 19.8 Å². The topological polar surface area (TPSA) is 68.5 Å². The molecule has 1 unspecified atom stereocenters. The minimum atomic E-state index is 0.350. The third kappa shape index (κ3) is 3.04. The van der Waals surface area contributed by atoms with Gasteiger partial charge in [-0.2, -0.15) is 5.10 Å². The van der Waals surface area contributed by atoms with Crippen LogP contribution in [0.2, 0.25) is 0 Å². The number of rotatable bonds is 4. The lowest BCUT2D eigenvalue weighted by molar-refractivity contribution is 0.439. The predicted octanol–water partition coefficient (Wildman–Crippen LogP) is 1.93. The van der Waals surface area contributed by atoms with Crippen LogP contribution in [0.25, 0.3) is 0 Å². The van der Waals surface area contributed by atoms with E-state index in [4.69, 9.17) is 0 Å². The third-order valence-corrected chi connectivity index (χ3v) is 3.82. The normalized spacial score (nSPS) is 17.6. The average molecular weight is 286 g/mol. The minimum Gasteiger partial charge on any atom is -0.365 e. The van der Waals surface area contributed by atoms with Gasteiger partial charge < -0.3 is 5.32 Å². The Balaban J connectivity index is 1.73. The molecular formula is C15H22N6. The van der Waals surface area contributed by atoms with Crippen molar-refractivity contribution >= 4 is 5.82 Å². The highest BCUT2D eigenvalue weighted by Gasteiger charge is 2.21. The Hall–Kier alpha value is -1.98. The first-order valence-corrected chi connectivity index (χ1v) is 7.71. The maximum absolute atomic E-state index is 4.55.